The van der Waals surface area contributed by atoms with E-state index < -0.39 is 0 Å². The molecule has 0 spiro atoms. The van der Waals surface area contributed by atoms with E-state index in [9.17, 15) is 4.79 Å². The smallest absolute Gasteiger partial charge is 0.253 e. The van der Waals surface area contributed by atoms with Gasteiger partial charge in [-0.1, -0.05) is 18.2 Å². The highest BCUT2D eigenvalue weighted by Gasteiger charge is 2.28. The molecule has 0 saturated carbocycles. The molecule has 26 heavy (non-hydrogen) atoms. The van der Waals surface area contributed by atoms with Crippen LogP contribution in [-0.4, -0.2) is 55.5 Å². The van der Waals surface area contributed by atoms with Crippen molar-refractivity contribution in [2.24, 2.45) is 0 Å². The molecule has 4 rings (SSSR count). The Kier molecular flexibility index (Phi) is 4.68. The first-order chi connectivity index (χ1) is 12.6. The first-order valence-electron chi connectivity index (χ1n) is 9.55. The van der Waals surface area contributed by atoms with Gasteiger partial charge in [0.25, 0.3) is 5.91 Å². The molecule has 0 aromatic heterocycles. The summed E-state index contributed by atoms with van der Waals surface area (Å²) in [6.07, 6.45) is 3.37. The van der Waals surface area contributed by atoms with Crippen LogP contribution in [0, 0.1) is 0 Å². The fourth-order valence-electron chi connectivity index (χ4n) is 4.12. The lowest BCUT2D eigenvalue weighted by molar-refractivity contribution is 0.0783. The molecule has 1 saturated heterocycles. The summed E-state index contributed by atoms with van der Waals surface area (Å²) in [5, 5.41) is 0. The third-order valence-electron chi connectivity index (χ3n) is 5.72. The van der Waals surface area contributed by atoms with Crippen LogP contribution in [-0.2, 0) is 6.42 Å². The minimum atomic E-state index is 0.153. The maximum atomic E-state index is 12.8. The number of rotatable bonds is 3. The van der Waals surface area contributed by atoms with Crippen molar-refractivity contribution in [2.75, 3.05) is 38.6 Å². The SMILES string of the molecule is CN(C)C1CCN(C(=O)c2ccc(N3CCCc4ccccc43)cc2)C1. The first kappa shape index (κ1) is 17.1. The minimum absolute atomic E-state index is 0.153. The van der Waals surface area contributed by atoms with E-state index in [4.69, 9.17) is 0 Å². The normalized spacial score (nSPS) is 19.7. The molecule has 1 atom stereocenters. The van der Waals surface area contributed by atoms with E-state index in [0.29, 0.717) is 6.04 Å². The van der Waals surface area contributed by atoms with E-state index in [1.165, 1.54) is 16.9 Å². The van der Waals surface area contributed by atoms with Crippen LogP contribution in [0.1, 0.15) is 28.8 Å². The van der Waals surface area contributed by atoms with E-state index in [1.54, 1.807) is 0 Å². The zero-order chi connectivity index (χ0) is 18.1. The van der Waals surface area contributed by atoms with Gasteiger partial charge >= 0.3 is 0 Å². The number of likely N-dealkylation sites (N-methyl/N-ethyl adjacent to an activating group) is 1. The molecule has 0 N–H and O–H groups in total. The molecule has 2 aliphatic heterocycles. The Hall–Kier alpha value is -2.33. The molecule has 136 valence electrons. The van der Waals surface area contributed by atoms with Crippen molar-refractivity contribution in [3.05, 3.63) is 59.7 Å². The predicted molar refractivity (Wildman–Crippen MR) is 106 cm³/mol. The summed E-state index contributed by atoms with van der Waals surface area (Å²) in [5.74, 6) is 0.153. The van der Waals surface area contributed by atoms with Crippen LogP contribution in [0.3, 0.4) is 0 Å². The van der Waals surface area contributed by atoms with Gasteiger partial charge in [-0.25, -0.2) is 0 Å². The van der Waals surface area contributed by atoms with E-state index >= 15 is 0 Å². The second-order valence-corrected chi connectivity index (χ2v) is 7.59. The number of benzene rings is 2. The lowest BCUT2D eigenvalue weighted by atomic mass is 10.0. The molecule has 0 radical (unpaired) electrons. The van der Waals surface area contributed by atoms with Crippen LogP contribution in [0.15, 0.2) is 48.5 Å². The van der Waals surface area contributed by atoms with Crippen molar-refractivity contribution >= 4 is 17.3 Å². The number of nitrogens with zero attached hydrogens (tertiary/aromatic N) is 3. The highest BCUT2D eigenvalue weighted by molar-refractivity contribution is 5.95. The van der Waals surface area contributed by atoms with E-state index in [1.807, 2.05) is 17.0 Å². The van der Waals surface area contributed by atoms with Crippen LogP contribution in [0.4, 0.5) is 11.4 Å². The van der Waals surface area contributed by atoms with Gasteiger partial charge in [0.1, 0.15) is 0 Å². The lowest BCUT2D eigenvalue weighted by Gasteiger charge is -2.31. The average Bonchev–Trinajstić information content (AvgIpc) is 3.18. The summed E-state index contributed by atoms with van der Waals surface area (Å²) < 4.78 is 0. The Bertz CT molecular complexity index is 784. The number of fused-ring (bicyclic) bond motifs is 1. The molecule has 2 aliphatic rings. The summed E-state index contributed by atoms with van der Waals surface area (Å²) in [6.45, 7) is 2.71. The van der Waals surface area contributed by atoms with Gasteiger partial charge in [0.15, 0.2) is 0 Å². The maximum absolute atomic E-state index is 12.8. The van der Waals surface area contributed by atoms with Gasteiger partial charge in [-0.15, -0.1) is 0 Å². The summed E-state index contributed by atoms with van der Waals surface area (Å²) in [5.41, 5.74) is 4.66. The minimum Gasteiger partial charge on any atom is -0.341 e. The number of hydrogen-bond acceptors (Lipinski definition) is 3. The fraction of sp³-hybridized carbons (Fsp3) is 0.409. The quantitative estimate of drug-likeness (QED) is 0.848. The Balaban J connectivity index is 1.50. The average molecular weight is 349 g/mol. The molecule has 1 fully saturated rings. The summed E-state index contributed by atoms with van der Waals surface area (Å²) >= 11 is 0. The van der Waals surface area contributed by atoms with Gasteiger partial charge in [0, 0.05) is 42.6 Å². The number of carbonyl (C=O) groups is 1. The maximum Gasteiger partial charge on any atom is 0.253 e. The lowest BCUT2D eigenvalue weighted by Crippen LogP contribution is -2.34. The third-order valence-corrected chi connectivity index (χ3v) is 5.72. The molecule has 4 nitrogen and oxygen atoms in total. The summed E-state index contributed by atoms with van der Waals surface area (Å²) in [7, 11) is 4.17. The Labute approximate surface area is 156 Å². The van der Waals surface area contributed by atoms with Crippen molar-refractivity contribution in [1.82, 2.24) is 9.80 Å². The highest BCUT2D eigenvalue weighted by atomic mass is 16.2. The number of likely N-dealkylation sites (tertiary alicyclic amines) is 1. The monoisotopic (exact) mass is 349 g/mol. The fourth-order valence-corrected chi connectivity index (χ4v) is 4.12. The Morgan fingerprint density at radius 1 is 1.04 bits per heavy atom. The van der Waals surface area contributed by atoms with Crippen LogP contribution in [0.5, 0.6) is 0 Å². The molecule has 2 aromatic rings. The Morgan fingerprint density at radius 3 is 2.54 bits per heavy atom. The molecule has 2 heterocycles. The number of aryl methyl sites for hydroxylation is 1. The van der Waals surface area contributed by atoms with Gasteiger partial charge in [0.2, 0.25) is 0 Å². The zero-order valence-electron chi connectivity index (χ0n) is 15.7. The molecular weight excluding hydrogens is 322 g/mol. The predicted octanol–water partition coefficient (Wildman–Crippen LogP) is 3.55. The van der Waals surface area contributed by atoms with Crippen molar-refractivity contribution < 1.29 is 4.79 Å². The number of carbonyl (C=O) groups excluding carboxylic acids is 1. The molecule has 1 unspecified atom stereocenters. The van der Waals surface area contributed by atoms with E-state index in [-0.39, 0.29) is 5.91 Å². The van der Waals surface area contributed by atoms with Crippen molar-refractivity contribution in [1.29, 1.82) is 0 Å². The summed E-state index contributed by atoms with van der Waals surface area (Å²) in [6, 6.07) is 17.3. The third kappa shape index (κ3) is 3.21. The van der Waals surface area contributed by atoms with Crippen LogP contribution in [0.2, 0.25) is 0 Å². The van der Waals surface area contributed by atoms with Crippen LogP contribution < -0.4 is 4.90 Å². The largest absolute Gasteiger partial charge is 0.341 e. The van der Waals surface area contributed by atoms with Crippen molar-refractivity contribution in [3.8, 4) is 0 Å². The van der Waals surface area contributed by atoms with E-state index in [2.05, 4.69) is 60.3 Å². The van der Waals surface area contributed by atoms with Crippen molar-refractivity contribution in [2.45, 2.75) is 25.3 Å². The molecular formula is C22H27N3O. The molecule has 0 aliphatic carbocycles. The topological polar surface area (TPSA) is 26.8 Å². The van der Waals surface area contributed by atoms with Crippen LogP contribution in [0.25, 0.3) is 0 Å². The standard InChI is InChI=1S/C22H27N3O/c1-23(2)20-13-15-24(16-20)22(26)18-9-11-19(12-10-18)25-14-5-7-17-6-3-4-8-21(17)25/h3-4,6,8-12,20H,5,7,13-16H2,1-2H3. The number of hydrogen-bond donors (Lipinski definition) is 0. The molecule has 4 heteroatoms. The number of para-hydroxylation sites is 1. The van der Waals surface area contributed by atoms with Gasteiger partial charge in [-0.3, -0.25) is 4.79 Å². The second kappa shape index (κ2) is 7.12. The van der Waals surface area contributed by atoms with Crippen molar-refractivity contribution in [3.63, 3.8) is 0 Å². The molecule has 0 bridgehead atoms. The Morgan fingerprint density at radius 2 is 1.81 bits per heavy atom. The second-order valence-electron chi connectivity index (χ2n) is 7.59. The molecule has 1 amide bonds. The van der Waals surface area contributed by atoms with Gasteiger partial charge in [-0.05, 0) is 69.3 Å². The zero-order valence-corrected chi connectivity index (χ0v) is 15.7. The molecule has 2 aromatic carbocycles. The van der Waals surface area contributed by atoms with E-state index in [0.717, 1.165) is 44.5 Å². The number of anilines is 2. The van der Waals surface area contributed by atoms with Gasteiger partial charge < -0.3 is 14.7 Å². The highest BCUT2D eigenvalue weighted by Crippen LogP contribution is 2.33. The van der Waals surface area contributed by atoms with Gasteiger partial charge in [0.05, 0.1) is 0 Å². The van der Waals surface area contributed by atoms with Crippen LogP contribution >= 0.6 is 0 Å². The number of amides is 1. The van der Waals surface area contributed by atoms with Gasteiger partial charge in [-0.2, -0.15) is 0 Å². The first-order valence-corrected chi connectivity index (χ1v) is 9.55. The summed E-state index contributed by atoms with van der Waals surface area (Å²) in [4.78, 5) is 19.4.